The first-order valence-electron chi connectivity index (χ1n) is 7.25. The molecule has 0 radical (unpaired) electrons. The van der Waals surface area contributed by atoms with Crippen molar-refractivity contribution in [2.75, 3.05) is 0 Å². The van der Waals surface area contributed by atoms with Crippen molar-refractivity contribution in [3.63, 3.8) is 0 Å². The Bertz CT molecular complexity index is 411. The van der Waals surface area contributed by atoms with E-state index < -0.39 is 0 Å². The Balaban J connectivity index is 1.97. The predicted octanol–water partition coefficient (Wildman–Crippen LogP) is 4.19. The maximum atomic E-state index is 6.29. The SMILES string of the molecule is CC(N)Cc1ccc(OC2CCC(C)CC2)c(Cl)c1. The Hall–Kier alpha value is -0.730. The number of rotatable bonds is 4. The largest absolute Gasteiger partial charge is 0.489 e. The number of hydrogen-bond acceptors (Lipinski definition) is 2. The van der Waals surface area contributed by atoms with Crippen LogP contribution in [-0.4, -0.2) is 12.1 Å². The smallest absolute Gasteiger partial charge is 0.138 e. The Labute approximate surface area is 121 Å². The van der Waals surface area contributed by atoms with Gasteiger partial charge in [0.2, 0.25) is 0 Å². The van der Waals surface area contributed by atoms with Gasteiger partial charge in [-0.25, -0.2) is 0 Å². The van der Waals surface area contributed by atoms with E-state index >= 15 is 0 Å². The summed E-state index contributed by atoms with van der Waals surface area (Å²) in [7, 11) is 0. The first kappa shape index (κ1) is 14.7. The highest BCUT2D eigenvalue weighted by molar-refractivity contribution is 6.32. The molecule has 2 rings (SSSR count). The molecule has 106 valence electrons. The summed E-state index contributed by atoms with van der Waals surface area (Å²) in [6, 6.07) is 6.18. The molecule has 2 nitrogen and oxygen atoms in total. The summed E-state index contributed by atoms with van der Waals surface area (Å²) < 4.78 is 6.03. The van der Waals surface area contributed by atoms with E-state index in [1.807, 2.05) is 19.1 Å². The molecular formula is C16H24ClNO. The van der Waals surface area contributed by atoms with Crippen LogP contribution in [0.15, 0.2) is 18.2 Å². The molecule has 2 N–H and O–H groups in total. The lowest BCUT2D eigenvalue weighted by Gasteiger charge is -2.27. The van der Waals surface area contributed by atoms with E-state index in [1.54, 1.807) is 0 Å². The van der Waals surface area contributed by atoms with E-state index in [0.717, 1.165) is 30.9 Å². The van der Waals surface area contributed by atoms with E-state index in [0.29, 0.717) is 11.1 Å². The van der Waals surface area contributed by atoms with E-state index in [2.05, 4.69) is 13.0 Å². The van der Waals surface area contributed by atoms with Crippen LogP contribution in [0, 0.1) is 5.92 Å². The molecule has 0 amide bonds. The van der Waals surface area contributed by atoms with Gasteiger partial charge in [0.25, 0.3) is 0 Å². The molecular weight excluding hydrogens is 258 g/mol. The molecule has 0 aliphatic heterocycles. The molecule has 0 bridgehead atoms. The third kappa shape index (κ3) is 4.39. The second-order valence-electron chi connectivity index (χ2n) is 5.95. The van der Waals surface area contributed by atoms with E-state index in [4.69, 9.17) is 22.1 Å². The van der Waals surface area contributed by atoms with Crippen molar-refractivity contribution >= 4 is 11.6 Å². The van der Waals surface area contributed by atoms with Gasteiger partial charge in [0.1, 0.15) is 5.75 Å². The minimum atomic E-state index is 0.155. The molecule has 1 aliphatic rings. The van der Waals surface area contributed by atoms with Crippen LogP contribution in [0.1, 0.15) is 45.1 Å². The van der Waals surface area contributed by atoms with Gasteiger partial charge in [-0.1, -0.05) is 24.6 Å². The summed E-state index contributed by atoms with van der Waals surface area (Å²) in [4.78, 5) is 0. The van der Waals surface area contributed by atoms with Gasteiger partial charge < -0.3 is 10.5 Å². The Morgan fingerprint density at radius 3 is 2.58 bits per heavy atom. The van der Waals surface area contributed by atoms with Crippen molar-refractivity contribution in [1.29, 1.82) is 0 Å². The minimum absolute atomic E-state index is 0.155. The summed E-state index contributed by atoms with van der Waals surface area (Å²) in [6.07, 6.45) is 5.96. The summed E-state index contributed by atoms with van der Waals surface area (Å²) in [5, 5.41) is 0.705. The number of nitrogens with two attached hydrogens (primary N) is 1. The van der Waals surface area contributed by atoms with Crippen LogP contribution in [0.25, 0.3) is 0 Å². The van der Waals surface area contributed by atoms with Crippen molar-refractivity contribution in [2.24, 2.45) is 11.7 Å². The van der Waals surface area contributed by atoms with Gasteiger partial charge in [0.05, 0.1) is 11.1 Å². The third-order valence-electron chi connectivity index (χ3n) is 3.81. The Morgan fingerprint density at radius 2 is 2.00 bits per heavy atom. The van der Waals surface area contributed by atoms with E-state index in [9.17, 15) is 0 Å². The topological polar surface area (TPSA) is 35.2 Å². The number of halogens is 1. The molecule has 19 heavy (non-hydrogen) atoms. The molecule has 3 heteroatoms. The molecule has 1 unspecified atom stereocenters. The fourth-order valence-electron chi connectivity index (χ4n) is 2.67. The van der Waals surface area contributed by atoms with Gasteiger partial charge in [0, 0.05) is 6.04 Å². The second kappa shape index (κ2) is 6.62. The number of hydrogen-bond donors (Lipinski definition) is 1. The van der Waals surface area contributed by atoms with Gasteiger partial charge in [-0.3, -0.25) is 0 Å². The highest BCUT2D eigenvalue weighted by Crippen LogP contribution is 2.31. The molecule has 1 saturated carbocycles. The standard InChI is InChI=1S/C16H24ClNO/c1-11-3-6-14(7-4-11)19-16-8-5-13(9-12(2)18)10-15(16)17/h5,8,10-12,14H,3-4,6-7,9,18H2,1-2H3. The van der Waals surface area contributed by atoms with Crippen LogP contribution in [0.2, 0.25) is 5.02 Å². The normalized spacial score (nSPS) is 25.1. The average Bonchev–Trinajstić information content (AvgIpc) is 2.34. The second-order valence-corrected chi connectivity index (χ2v) is 6.35. The maximum absolute atomic E-state index is 6.29. The van der Waals surface area contributed by atoms with Gasteiger partial charge in [-0.2, -0.15) is 0 Å². The fourth-order valence-corrected chi connectivity index (χ4v) is 2.91. The lowest BCUT2D eigenvalue weighted by atomic mass is 9.89. The molecule has 1 aliphatic carbocycles. The molecule has 0 saturated heterocycles. The van der Waals surface area contributed by atoms with Crippen LogP contribution < -0.4 is 10.5 Å². The van der Waals surface area contributed by atoms with Crippen molar-refractivity contribution in [1.82, 2.24) is 0 Å². The van der Waals surface area contributed by atoms with Crippen molar-refractivity contribution in [2.45, 2.75) is 58.1 Å². The van der Waals surface area contributed by atoms with E-state index in [-0.39, 0.29) is 6.04 Å². The quantitative estimate of drug-likeness (QED) is 0.898. The van der Waals surface area contributed by atoms with Crippen molar-refractivity contribution in [3.05, 3.63) is 28.8 Å². The van der Waals surface area contributed by atoms with E-state index in [1.165, 1.54) is 18.4 Å². The average molecular weight is 282 g/mol. The van der Waals surface area contributed by atoms with Crippen molar-refractivity contribution in [3.8, 4) is 5.75 Å². The lowest BCUT2D eigenvalue weighted by molar-refractivity contribution is 0.135. The van der Waals surface area contributed by atoms with Crippen LogP contribution in [-0.2, 0) is 6.42 Å². The molecule has 1 aromatic carbocycles. The molecule has 0 aromatic heterocycles. The lowest BCUT2D eigenvalue weighted by Crippen LogP contribution is -2.23. The highest BCUT2D eigenvalue weighted by Gasteiger charge is 2.20. The first-order chi connectivity index (χ1) is 9.04. The molecule has 1 fully saturated rings. The van der Waals surface area contributed by atoms with Crippen LogP contribution >= 0.6 is 11.6 Å². The molecule has 1 aromatic rings. The van der Waals surface area contributed by atoms with Crippen LogP contribution in [0.3, 0.4) is 0 Å². The zero-order valence-electron chi connectivity index (χ0n) is 11.9. The Kier molecular flexibility index (Phi) is 5.12. The zero-order chi connectivity index (χ0) is 13.8. The minimum Gasteiger partial charge on any atom is -0.489 e. The number of ether oxygens (including phenoxy) is 1. The zero-order valence-corrected chi connectivity index (χ0v) is 12.6. The molecule has 0 heterocycles. The van der Waals surface area contributed by atoms with Gasteiger partial charge in [0.15, 0.2) is 0 Å². The summed E-state index contributed by atoms with van der Waals surface area (Å²) in [6.45, 7) is 4.31. The van der Waals surface area contributed by atoms with Gasteiger partial charge >= 0.3 is 0 Å². The molecule has 0 spiro atoms. The van der Waals surface area contributed by atoms with Gasteiger partial charge in [-0.15, -0.1) is 0 Å². The first-order valence-corrected chi connectivity index (χ1v) is 7.63. The Morgan fingerprint density at radius 1 is 1.32 bits per heavy atom. The van der Waals surface area contributed by atoms with Crippen LogP contribution in [0.5, 0.6) is 5.75 Å². The van der Waals surface area contributed by atoms with Crippen LogP contribution in [0.4, 0.5) is 0 Å². The third-order valence-corrected chi connectivity index (χ3v) is 4.11. The van der Waals surface area contributed by atoms with Gasteiger partial charge in [-0.05, 0) is 62.6 Å². The fraction of sp³-hybridized carbons (Fsp3) is 0.625. The van der Waals surface area contributed by atoms with Crippen molar-refractivity contribution < 1.29 is 4.74 Å². The summed E-state index contributed by atoms with van der Waals surface area (Å²) in [5.41, 5.74) is 6.97. The molecule has 1 atom stereocenters. The summed E-state index contributed by atoms with van der Waals surface area (Å²) >= 11 is 6.29. The maximum Gasteiger partial charge on any atom is 0.138 e. The monoisotopic (exact) mass is 281 g/mol. The highest BCUT2D eigenvalue weighted by atomic mass is 35.5. The number of benzene rings is 1. The predicted molar refractivity (Wildman–Crippen MR) is 80.9 cm³/mol. The summed E-state index contributed by atoms with van der Waals surface area (Å²) in [5.74, 6) is 1.65.